The minimum atomic E-state index is -0.283. The monoisotopic (exact) mass is 578 g/mol. The van der Waals surface area contributed by atoms with Crippen molar-refractivity contribution in [1.29, 1.82) is 0 Å². The number of amides is 2. The fourth-order valence-electron chi connectivity index (χ4n) is 6.01. The van der Waals surface area contributed by atoms with Gasteiger partial charge in [0.15, 0.2) is 5.65 Å². The molecule has 4 heterocycles. The number of likely N-dealkylation sites (tertiary alicyclic amines) is 1. The summed E-state index contributed by atoms with van der Waals surface area (Å²) in [5, 5.41) is 7.91. The van der Waals surface area contributed by atoms with Gasteiger partial charge >= 0.3 is 6.09 Å². The smallest absolute Gasteiger partial charge is 0.410 e. The van der Waals surface area contributed by atoms with Crippen molar-refractivity contribution in [3.05, 3.63) is 95.8 Å². The molecule has 9 nitrogen and oxygen atoms in total. The number of nitrogens with one attached hydrogen (secondary N) is 1. The summed E-state index contributed by atoms with van der Waals surface area (Å²) in [6.07, 6.45) is 18.4. The Labute approximate surface area is 252 Å². The van der Waals surface area contributed by atoms with Gasteiger partial charge in [-0.2, -0.15) is 4.98 Å². The standard InChI is InChI=1S/C34H38N6O3/c1-3-24-8-5-9-26(13-12-24)30-11-7-20-39(30)32(41)27-14-16-28(17-15-27)35-33-36-31-29(10-6-21-40(31)37-33)25-18-22-38(23-19-25)34(42)43-4-2/h5-6,8-10,12-18,21,24,30H,3-4,7,11,19-20,22-23H2,1-2H3,(H,35,37). The Balaban J connectivity index is 1.14. The number of nitrogens with zero attached hydrogens (tertiary/aromatic N) is 5. The van der Waals surface area contributed by atoms with Gasteiger partial charge in [0.1, 0.15) is 0 Å². The van der Waals surface area contributed by atoms with Crippen LogP contribution in [0.5, 0.6) is 0 Å². The van der Waals surface area contributed by atoms with Crippen molar-refractivity contribution in [3.8, 4) is 0 Å². The van der Waals surface area contributed by atoms with E-state index in [9.17, 15) is 9.59 Å². The number of pyridine rings is 1. The lowest BCUT2D eigenvalue weighted by molar-refractivity contribution is 0.0757. The normalized spacial score (nSPS) is 20.1. The Bertz CT molecular complexity index is 1620. The first kappa shape index (κ1) is 28.5. The van der Waals surface area contributed by atoms with Gasteiger partial charge in [-0.3, -0.25) is 4.79 Å². The molecule has 2 atom stereocenters. The molecule has 2 unspecified atom stereocenters. The number of benzene rings is 1. The van der Waals surface area contributed by atoms with Gasteiger partial charge in [-0.15, -0.1) is 5.10 Å². The molecule has 2 amide bonds. The van der Waals surface area contributed by atoms with Crippen molar-refractivity contribution >= 4 is 34.9 Å². The fraction of sp³-hybridized carbons (Fsp3) is 0.353. The van der Waals surface area contributed by atoms with E-state index in [4.69, 9.17) is 9.72 Å². The van der Waals surface area contributed by atoms with Crippen molar-refractivity contribution in [1.82, 2.24) is 24.4 Å². The van der Waals surface area contributed by atoms with Gasteiger partial charge in [-0.05, 0) is 86.1 Å². The van der Waals surface area contributed by atoms with E-state index in [1.165, 1.54) is 5.57 Å². The number of allylic oxidation sites excluding steroid dienone is 4. The fourth-order valence-corrected chi connectivity index (χ4v) is 6.01. The number of aromatic nitrogens is 3. The molecular formula is C34H38N6O3. The number of anilines is 2. The molecule has 1 aromatic carbocycles. The van der Waals surface area contributed by atoms with E-state index in [0.717, 1.165) is 48.3 Å². The highest BCUT2D eigenvalue weighted by Gasteiger charge is 2.31. The molecule has 1 aliphatic carbocycles. The van der Waals surface area contributed by atoms with Crippen LogP contribution in [0.15, 0.2) is 84.6 Å². The van der Waals surface area contributed by atoms with Gasteiger partial charge in [0.05, 0.1) is 12.6 Å². The summed E-state index contributed by atoms with van der Waals surface area (Å²) < 4.78 is 6.89. The van der Waals surface area contributed by atoms with E-state index in [1.807, 2.05) is 54.4 Å². The number of hydrogen-bond donors (Lipinski definition) is 1. The predicted octanol–water partition coefficient (Wildman–Crippen LogP) is 6.40. The zero-order valence-electron chi connectivity index (χ0n) is 24.8. The lowest BCUT2D eigenvalue weighted by atomic mass is 10.0. The van der Waals surface area contributed by atoms with Crippen LogP contribution >= 0.6 is 0 Å². The van der Waals surface area contributed by atoms with Gasteiger partial charge in [0, 0.05) is 42.6 Å². The number of carbonyl (C=O) groups excluding carboxylic acids is 2. The molecule has 0 spiro atoms. The van der Waals surface area contributed by atoms with E-state index in [1.54, 1.807) is 9.42 Å². The summed E-state index contributed by atoms with van der Waals surface area (Å²) in [6, 6.07) is 11.6. The summed E-state index contributed by atoms with van der Waals surface area (Å²) in [5.74, 6) is 0.976. The van der Waals surface area contributed by atoms with E-state index in [2.05, 4.69) is 53.8 Å². The average Bonchev–Trinajstić information content (AvgIpc) is 3.62. The lowest BCUT2D eigenvalue weighted by Crippen LogP contribution is -2.36. The first-order valence-corrected chi connectivity index (χ1v) is 15.2. The first-order chi connectivity index (χ1) is 21.0. The molecule has 0 saturated carbocycles. The van der Waals surface area contributed by atoms with Gasteiger partial charge in [-0.1, -0.05) is 43.4 Å². The van der Waals surface area contributed by atoms with Crippen molar-refractivity contribution in [3.63, 3.8) is 0 Å². The Morgan fingerprint density at radius 3 is 2.72 bits per heavy atom. The number of rotatable bonds is 7. The molecule has 6 rings (SSSR count). The zero-order chi connectivity index (χ0) is 29.8. The molecule has 9 heteroatoms. The van der Waals surface area contributed by atoms with Crippen LogP contribution in [0.25, 0.3) is 11.2 Å². The topological polar surface area (TPSA) is 92.1 Å². The quantitative estimate of drug-likeness (QED) is 0.349. The van der Waals surface area contributed by atoms with Crippen molar-refractivity contribution in [2.75, 3.05) is 31.6 Å². The third-order valence-electron chi connectivity index (χ3n) is 8.38. The molecule has 2 aliphatic heterocycles. The summed E-state index contributed by atoms with van der Waals surface area (Å²) in [4.78, 5) is 34.1. The number of ether oxygens (including phenoxy) is 1. The zero-order valence-corrected chi connectivity index (χ0v) is 24.8. The molecule has 3 aliphatic rings. The Morgan fingerprint density at radius 2 is 1.95 bits per heavy atom. The van der Waals surface area contributed by atoms with Gasteiger partial charge in [0.2, 0.25) is 5.95 Å². The molecule has 3 aromatic rings. The van der Waals surface area contributed by atoms with Gasteiger partial charge in [0.25, 0.3) is 5.91 Å². The predicted molar refractivity (Wildman–Crippen MR) is 168 cm³/mol. The van der Waals surface area contributed by atoms with Crippen LogP contribution in [0.3, 0.4) is 0 Å². The highest BCUT2D eigenvalue weighted by Crippen LogP contribution is 2.30. The molecule has 0 radical (unpaired) electrons. The van der Waals surface area contributed by atoms with Crippen LogP contribution in [0.4, 0.5) is 16.4 Å². The van der Waals surface area contributed by atoms with Gasteiger partial charge in [-0.25, -0.2) is 9.31 Å². The Hall–Kier alpha value is -4.66. The van der Waals surface area contributed by atoms with Crippen LogP contribution in [-0.2, 0) is 4.74 Å². The molecule has 1 N–H and O–H groups in total. The SMILES string of the molecule is CCOC(=O)N1CC=C(c2cccn3nc(Nc4ccc(C(=O)N5CCCC5C5=CC=CC(CC)C=C5)cc4)nc23)CC1. The van der Waals surface area contributed by atoms with Crippen LogP contribution < -0.4 is 5.32 Å². The van der Waals surface area contributed by atoms with Crippen molar-refractivity contribution in [2.45, 2.75) is 45.6 Å². The number of hydrogen-bond acceptors (Lipinski definition) is 6. The highest BCUT2D eigenvalue weighted by atomic mass is 16.6. The lowest BCUT2D eigenvalue weighted by Gasteiger charge is -2.26. The van der Waals surface area contributed by atoms with Gasteiger partial charge < -0.3 is 19.9 Å². The molecule has 222 valence electrons. The second kappa shape index (κ2) is 12.7. The third kappa shape index (κ3) is 6.11. The first-order valence-electron chi connectivity index (χ1n) is 15.2. The Morgan fingerprint density at radius 1 is 1.09 bits per heavy atom. The van der Waals surface area contributed by atoms with Crippen LogP contribution in [0.1, 0.15) is 55.5 Å². The largest absolute Gasteiger partial charge is 0.450 e. The van der Waals surface area contributed by atoms with Crippen LogP contribution in [-0.4, -0.2) is 68.7 Å². The minimum absolute atomic E-state index is 0.0568. The maximum Gasteiger partial charge on any atom is 0.410 e. The molecule has 1 fully saturated rings. The third-order valence-corrected chi connectivity index (χ3v) is 8.38. The Kier molecular flexibility index (Phi) is 8.40. The van der Waals surface area contributed by atoms with Crippen molar-refractivity contribution in [2.24, 2.45) is 5.92 Å². The molecular weight excluding hydrogens is 540 g/mol. The highest BCUT2D eigenvalue weighted by molar-refractivity contribution is 5.95. The molecule has 43 heavy (non-hydrogen) atoms. The second-order valence-corrected chi connectivity index (χ2v) is 11.1. The van der Waals surface area contributed by atoms with E-state index in [0.29, 0.717) is 43.5 Å². The summed E-state index contributed by atoms with van der Waals surface area (Å²) in [7, 11) is 0. The van der Waals surface area contributed by atoms with Crippen molar-refractivity contribution < 1.29 is 14.3 Å². The van der Waals surface area contributed by atoms with E-state index in [-0.39, 0.29) is 18.0 Å². The summed E-state index contributed by atoms with van der Waals surface area (Å²) >= 11 is 0. The molecule has 2 aromatic heterocycles. The second-order valence-electron chi connectivity index (χ2n) is 11.1. The number of carbonyl (C=O) groups is 2. The van der Waals surface area contributed by atoms with Crippen LogP contribution in [0.2, 0.25) is 0 Å². The molecule has 0 bridgehead atoms. The maximum atomic E-state index is 13.5. The van der Waals surface area contributed by atoms with E-state index < -0.39 is 0 Å². The number of fused-ring (bicyclic) bond motifs is 1. The summed E-state index contributed by atoms with van der Waals surface area (Å²) in [5.41, 5.74) is 5.54. The van der Waals surface area contributed by atoms with E-state index >= 15 is 0 Å². The summed E-state index contributed by atoms with van der Waals surface area (Å²) in [6.45, 7) is 6.23. The minimum Gasteiger partial charge on any atom is -0.450 e. The maximum absolute atomic E-state index is 13.5. The molecule has 1 saturated heterocycles. The average molecular weight is 579 g/mol. The van der Waals surface area contributed by atoms with Crippen LogP contribution in [0, 0.1) is 5.92 Å².